The van der Waals surface area contributed by atoms with Gasteiger partial charge in [0.15, 0.2) is 11.6 Å². The van der Waals surface area contributed by atoms with Crippen molar-refractivity contribution in [1.82, 2.24) is 24.8 Å². The molecule has 0 spiro atoms. The van der Waals surface area contributed by atoms with E-state index < -0.39 is 4.92 Å². The summed E-state index contributed by atoms with van der Waals surface area (Å²) in [5.41, 5.74) is 1.78. The summed E-state index contributed by atoms with van der Waals surface area (Å²) in [6.07, 6.45) is 1.62. The van der Waals surface area contributed by atoms with Gasteiger partial charge in [0, 0.05) is 18.8 Å². The zero-order valence-corrected chi connectivity index (χ0v) is 15.1. The van der Waals surface area contributed by atoms with Gasteiger partial charge in [-0.25, -0.2) is 0 Å². The van der Waals surface area contributed by atoms with Crippen LogP contribution in [0.2, 0.25) is 0 Å². The summed E-state index contributed by atoms with van der Waals surface area (Å²) in [6, 6.07) is 10.2. The molecular weight excluding hydrogens is 362 g/mol. The SMILES string of the molecule is CCN(O)Cc1nnc2n1-c1cccc([N+](=O)[O-])c1C(c1ccccn1)=NC2. The lowest BCUT2D eigenvalue weighted by molar-refractivity contribution is -0.385. The summed E-state index contributed by atoms with van der Waals surface area (Å²) in [5, 5.41) is 31.1. The molecule has 10 nitrogen and oxygen atoms in total. The second kappa shape index (κ2) is 7.25. The van der Waals surface area contributed by atoms with Crippen LogP contribution in [0.3, 0.4) is 0 Å². The zero-order valence-electron chi connectivity index (χ0n) is 15.1. The normalized spacial score (nSPS) is 12.9. The minimum absolute atomic E-state index is 0.0780. The van der Waals surface area contributed by atoms with E-state index >= 15 is 0 Å². The number of rotatable bonds is 5. The second-order valence-corrected chi connectivity index (χ2v) is 6.16. The molecule has 1 aromatic carbocycles. The average Bonchev–Trinajstić information content (AvgIpc) is 3.02. The highest BCUT2D eigenvalue weighted by Gasteiger charge is 2.30. The molecule has 2 aromatic heterocycles. The average molecular weight is 379 g/mol. The predicted octanol–water partition coefficient (Wildman–Crippen LogP) is 2.13. The summed E-state index contributed by atoms with van der Waals surface area (Å²) < 4.78 is 1.72. The molecule has 1 aliphatic rings. The molecule has 1 N–H and O–H groups in total. The van der Waals surface area contributed by atoms with Gasteiger partial charge in [0.25, 0.3) is 5.69 Å². The first-order valence-electron chi connectivity index (χ1n) is 8.71. The Morgan fingerprint density at radius 1 is 1.25 bits per heavy atom. The fourth-order valence-corrected chi connectivity index (χ4v) is 3.16. The molecule has 1 aliphatic heterocycles. The molecule has 28 heavy (non-hydrogen) atoms. The largest absolute Gasteiger partial charge is 0.314 e. The van der Waals surface area contributed by atoms with E-state index in [9.17, 15) is 15.3 Å². The highest BCUT2D eigenvalue weighted by molar-refractivity contribution is 6.16. The van der Waals surface area contributed by atoms with Crippen molar-refractivity contribution in [2.45, 2.75) is 20.0 Å². The maximum atomic E-state index is 11.8. The molecule has 0 fully saturated rings. The summed E-state index contributed by atoms with van der Waals surface area (Å²) in [5.74, 6) is 1.01. The van der Waals surface area contributed by atoms with E-state index in [1.54, 1.807) is 48.0 Å². The Labute approximate surface area is 159 Å². The predicted molar refractivity (Wildman–Crippen MR) is 99.5 cm³/mol. The Balaban J connectivity index is 1.97. The van der Waals surface area contributed by atoms with Gasteiger partial charge in [-0.05, 0) is 18.2 Å². The van der Waals surface area contributed by atoms with Crippen LogP contribution < -0.4 is 0 Å². The standard InChI is InChI=1S/C18H17N7O3/c1-2-23(26)11-16-22-21-15-10-20-18(12-6-3-4-9-19-12)17-13(24(15)16)7-5-8-14(17)25(27)28/h3-9,26H,2,10-11H2,1H3. The lowest BCUT2D eigenvalue weighted by Gasteiger charge is -2.15. The fourth-order valence-electron chi connectivity index (χ4n) is 3.16. The fraction of sp³-hybridized carbons (Fsp3) is 0.222. The van der Waals surface area contributed by atoms with Crippen LogP contribution in [0.1, 0.15) is 29.8 Å². The molecule has 3 heterocycles. The van der Waals surface area contributed by atoms with Gasteiger partial charge in [-0.3, -0.25) is 24.7 Å². The summed E-state index contributed by atoms with van der Waals surface area (Å²) in [4.78, 5) is 20.2. The van der Waals surface area contributed by atoms with Crippen LogP contribution in [-0.4, -0.2) is 47.2 Å². The van der Waals surface area contributed by atoms with Crippen LogP contribution in [0, 0.1) is 10.1 Å². The van der Waals surface area contributed by atoms with Crippen molar-refractivity contribution in [1.29, 1.82) is 0 Å². The monoisotopic (exact) mass is 379 g/mol. The molecule has 4 rings (SSSR count). The highest BCUT2D eigenvalue weighted by Crippen LogP contribution is 2.32. The molecule has 3 aromatic rings. The molecule has 0 bridgehead atoms. The number of nitrogens with zero attached hydrogens (tertiary/aromatic N) is 7. The van der Waals surface area contributed by atoms with Gasteiger partial charge in [0.2, 0.25) is 0 Å². The number of benzene rings is 1. The smallest absolute Gasteiger partial charge is 0.280 e. The van der Waals surface area contributed by atoms with E-state index in [-0.39, 0.29) is 18.8 Å². The van der Waals surface area contributed by atoms with Crippen molar-refractivity contribution in [2.24, 2.45) is 4.99 Å². The van der Waals surface area contributed by atoms with Gasteiger partial charge < -0.3 is 5.21 Å². The van der Waals surface area contributed by atoms with Gasteiger partial charge in [-0.2, -0.15) is 5.06 Å². The Morgan fingerprint density at radius 3 is 2.82 bits per heavy atom. The maximum Gasteiger partial charge on any atom is 0.280 e. The molecule has 0 saturated heterocycles. The minimum atomic E-state index is -0.434. The molecule has 0 radical (unpaired) electrons. The van der Waals surface area contributed by atoms with Gasteiger partial charge in [0.05, 0.1) is 28.6 Å². The zero-order chi connectivity index (χ0) is 19.7. The van der Waals surface area contributed by atoms with E-state index in [2.05, 4.69) is 20.2 Å². The first-order valence-corrected chi connectivity index (χ1v) is 8.71. The first kappa shape index (κ1) is 17.9. The van der Waals surface area contributed by atoms with Crippen LogP contribution in [-0.2, 0) is 13.1 Å². The van der Waals surface area contributed by atoms with E-state index in [4.69, 9.17) is 0 Å². The Bertz CT molecular complexity index is 1060. The Morgan fingerprint density at radius 2 is 2.11 bits per heavy atom. The van der Waals surface area contributed by atoms with Crippen molar-refractivity contribution >= 4 is 11.4 Å². The van der Waals surface area contributed by atoms with Crippen molar-refractivity contribution in [2.75, 3.05) is 6.54 Å². The number of fused-ring (bicyclic) bond motifs is 3. The van der Waals surface area contributed by atoms with Crippen molar-refractivity contribution in [3.8, 4) is 5.69 Å². The highest BCUT2D eigenvalue weighted by atomic mass is 16.6. The van der Waals surface area contributed by atoms with E-state index in [0.717, 1.165) is 5.06 Å². The summed E-state index contributed by atoms with van der Waals surface area (Å²) in [7, 11) is 0. The second-order valence-electron chi connectivity index (χ2n) is 6.16. The minimum Gasteiger partial charge on any atom is -0.314 e. The summed E-state index contributed by atoms with van der Waals surface area (Å²) >= 11 is 0. The number of pyridine rings is 1. The molecule has 142 valence electrons. The van der Waals surface area contributed by atoms with Crippen LogP contribution in [0.4, 0.5) is 5.69 Å². The molecule has 0 amide bonds. The van der Waals surface area contributed by atoms with Gasteiger partial charge in [-0.1, -0.05) is 19.1 Å². The number of nitro groups is 1. The maximum absolute atomic E-state index is 11.8. The molecule has 10 heteroatoms. The van der Waals surface area contributed by atoms with E-state index in [0.29, 0.717) is 40.9 Å². The molecular formula is C18H17N7O3. The lowest BCUT2D eigenvalue weighted by Crippen LogP contribution is -2.21. The third-order valence-electron chi connectivity index (χ3n) is 4.47. The van der Waals surface area contributed by atoms with Crippen LogP contribution in [0.15, 0.2) is 47.6 Å². The lowest BCUT2D eigenvalue weighted by atomic mass is 10.0. The van der Waals surface area contributed by atoms with Gasteiger partial charge in [0.1, 0.15) is 12.1 Å². The number of aliphatic imine (C=N–C) groups is 1. The van der Waals surface area contributed by atoms with Crippen LogP contribution in [0.5, 0.6) is 0 Å². The van der Waals surface area contributed by atoms with Crippen molar-refractivity contribution < 1.29 is 10.1 Å². The topological polar surface area (TPSA) is 123 Å². The number of hydroxylamine groups is 2. The molecule has 0 aliphatic carbocycles. The van der Waals surface area contributed by atoms with Crippen LogP contribution in [0.25, 0.3) is 5.69 Å². The molecule has 0 unspecified atom stereocenters. The quantitative estimate of drug-likeness (QED) is 0.532. The van der Waals surface area contributed by atoms with Crippen molar-refractivity contribution in [3.05, 3.63) is 75.6 Å². The van der Waals surface area contributed by atoms with E-state index in [1.165, 1.54) is 6.07 Å². The van der Waals surface area contributed by atoms with Crippen LogP contribution >= 0.6 is 0 Å². The van der Waals surface area contributed by atoms with Gasteiger partial charge in [-0.15, -0.1) is 10.2 Å². The number of nitro benzene ring substituents is 1. The third-order valence-corrected chi connectivity index (χ3v) is 4.47. The Hall–Kier alpha value is -3.50. The molecule has 0 saturated carbocycles. The number of hydrogen-bond donors (Lipinski definition) is 1. The van der Waals surface area contributed by atoms with Gasteiger partial charge >= 0.3 is 0 Å². The third kappa shape index (κ3) is 3.04. The first-order chi connectivity index (χ1) is 13.6. The molecule has 0 atom stereocenters. The van der Waals surface area contributed by atoms with E-state index in [1.807, 2.05) is 0 Å². The number of hydrogen-bond acceptors (Lipinski definition) is 8. The number of aromatic nitrogens is 4. The summed E-state index contributed by atoms with van der Waals surface area (Å²) in [6.45, 7) is 2.52. The Kier molecular flexibility index (Phi) is 4.63. The van der Waals surface area contributed by atoms with Crippen molar-refractivity contribution in [3.63, 3.8) is 0 Å².